The van der Waals surface area contributed by atoms with E-state index in [1.165, 1.54) is 18.2 Å². The van der Waals surface area contributed by atoms with Gasteiger partial charge in [0.25, 0.3) is 0 Å². The van der Waals surface area contributed by atoms with Gasteiger partial charge in [-0.25, -0.2) is 8.78 Å². The van der Waals surface area contributed by atoms with Crippen molar-refractivity contribution in [2.45, 2.75) is 13.0 Å². The third kappa shape index (κ3) is 2.37. The zero-order valence-electron chi connectivity index (χ0n) is 9.75. The lowest BCUT2D eigenvalue weighted by molar-refractivity contribution is 0.575. The first-order valence-electron chi connectivity index (χ1n) is 5.46. The van der Waals surface area contributed by atoms with Crippen LogP contribution >= 0.6 is 11.6 Å². The van der Waals surface area contributed by atoms with E-state index in [0.29, 0.717) is 0 Å². The van der Waals surface area contributed by atoms with E-state index in [2.05, 4.69) is 0 Å². The summed E-state index contributed by atoms with van der Waals surface area (Å²) in [5, 5.41) is -0.0176. The van der Waals surface area contributed by atoms with Crippen molar-refractivity contribution in [2.24, 2.45) is 5.73 Å². The van der Waals surface area contributed by atoms with Crippen LogP contribution < -0.4 is 5.73 Å². The number of aryl methyl sites for hydroxylation is 1. The Labute approximate surface area is 109 Å². The molecule has 0 bridgehead atoms. The van der Waals surface area contributed by atoms with Gasteiger partial charge in [0, 0.05) is 11.1 Å². The molecular weight excluding hydrogens is 256 g/mol. The van der Waals surface area contributed by atoms with E-state index < -0.39 is 17.7 Å². The van der Waals surface area contributed by atoms with Gasteiger partial charge in [-0.1, -0.05) is 41.4 Å². The molecule has 1 unspecified atom stereocenters. The average Bonchev–Trinajstić information content (AvgIpc) is 2.35. The highest BCUT2D eigenvalue weighted by Crippen LogP contribution is 2.28. The molecule has 1 nitrogen and oxygen atoms in total. The molecule has 0 fully saturated rings. The van der Waals surface area contributed by atoms with E-state index in [0.717, 1.165) is 5.56 Å². The first-order valence-corrected chi connectivity index (χ1v) is 5.84. The van der Waals surface area contributed by atoms with E-state index in [-0.39, 0.29) is 16.1 Å². The number of nitrogens with two attached hydrogens (primary N) is 1. The molecule has 2 rings (SSSR count). The van der Waals surface area contributed by atoms with E-state index in [9.17, 15) is 8.78 Å². The molecule has 4 heteroatoms. The van der Waals surface area contributed by atoms with Crippen LogP contribution in [-0.4, -0.2) is 0 Å². The van der Waals surface area contributed by atoms with Crippen LogP contribution in [-0.2, 0) is 0 Å². The number of rotatable bonds is 2. The van der Waals surface area contributed by atoms with Crippen molar-refractivity contribution < 1.29 is 8.78 Å². The molecule has 0 radical (unpaired) electrons. The minimum Gasteiger partial charge on any atom is -0.320 e. The lowest BCUT2D eigenvalue weighted by atomic mass is 9.97. The van der Waals surface area contributed by atoms with Crippen molar-refractivity contribution >= 4 is 11.6 Å². The Bertz CT molecular complexity index is 582. The summed E-state index contributed by atoms with van der Waals surface area (Å²) in [5.74, 6) is -1.06. The normalized spacial score (nSPS) is 12.5. The van der Waals surface area contributed by atoms with Gasteiger partial charge in [-0.05, 0) is 19.1 Å². The van der Waals surface area contributed by atoms with Crippen LogP contribution in [0.4, 0.5) is 8.78 Å². The Morgan fingerprint density at radius 3 is 2.56 bits per heavy atom. The minimum atomic E-state index is -0.872. The van der Waals surface area contributed by atoms with Gasteiger partial charge in [-0.3, -0.25) is 0 Å². The molecule has 0 aliphatic carbocycles. The van der Waals surface area contributed by atoms with Crippen LogP contribution in [0.5, 0.6) is 0 Å². The van der Waals surface area contributed by atoms with Crippen LogP contribution in [0.2, 0.25) is 5.02 Å². The summed E-state index contributed by atoms with van der Waals surface area (Å²) < 4.78 is 27.5. The van der Waals surface area contributed by atoms with Gasteiger partial charge >= 0.3 is 0 Å². The molecule has 2 aromatic rings. The molecule has 0 aliphatic heterocycles. The molecule has 2 aromatic carbocycles. The molecule has 0 heterocycles. The Balaban J connectivity index is 2.51. The maximum Gasteiger partial charge on any atom is 0.146 e. The molecule has 0 aliphatic rings. The maximum atomic E-state index is 13.8. The standard InChI is InChI=1S/C14H12ClF2N/c1-8-5-6-12(16)10(7-8)14(18)9-3-2-4-11(15)13(9)17/h2-7,14H,18H2,1H3. The summed E-state index contributed by atoms with van der Waals surface area (Å²) in [6.45, 7) is 1.82. The van der Waals surface area contributed by atoms with Crippen LogP contribution in [0.25, 0.3) is 0 Å². The molecule has 1 atom stereocenters. The van der Waals surface area contributed by atoms with E-state index in [4.69, 9.17) is 17.3 Å². The van der Waals surface area contributed by atoms with E-state index in [1.807, 2.05) is 6.92 Å². The largest absolute Gasteiger partial charge is 0.320 e. The molecule has 0 saturated carbocycles. The third-order valence-corrected chi connectivity index (χ3v) is 3.09. The predicted molar refractivity (Wildman–Crippen MR) is 68.6 cm³/mol. The fourth-order valence-corrected chi connectivity index (χ4v) is 2.01. The number of halogens is 3. The highest BCUT2D eigenvalue weighted by Gasteiger charge is 2.18. The lowest BCUT2D eigenvalue weighted by Crippen LogP contribution is -2.15. The maximum absolute atomic E-state index is 13.8. The number of benzene rings is 2. The SMILES string of the molecule is Cc1ccc(F)c(C(N)c2cccc(Cl)c2F)c1. The predicted octanol–water partition coefficient (Wildman–Crippen LogP) is 3.97. The summed E-state index contributed by atoms with van der Waals surface area (Å²) in [4.78, 5) is 0. The number of hydrogen-bond acceptors (Lipinski definition) is 1. The Morgan fingerprint density at radius 1 is 1.11 bits per heavy atom. The Hall–Kier alpha value is -1.45. The third-order valence-electron chi connectivity index (χ3n) is 2.80. The summed E-state index contributed by atoms with van der Waals surface area (Å²) >= 11 is 5.69. The van der Waals surface area contributed by atoms with E-state index >= 15 is 0 Å². The highest BCUT2D eigenvalue weighted by molar-refractivity contribution is 6.30. The molecular formula is C14H12ClF2N. The summed E-state index contributed by atoms with van der Waals surface area (Å²) in [6.07, 6.45) is 0. The van der Waals surface area contributed by atoms with Crippen molar-refractivity contribution in [3.8, 4) is 0 Å². The average molecular weight is 268 g/mol. The van der Waals surface area contributed by atoms with Crippen molar-refractivity contribution in [3.63, 3.8) is 0 Å². The van der Waals surface area contributed by atoms with Crippen LogP contribution in [0.3, 0.4) is 0 Å². The fourth-order valence-electron chi connectivity index (χ4n) is 1.83. The first-order chi connectivity index (χ1) is 8.50. The van der Waals surface area contributed by atoms with Gasteiger partial charge in [0.2, 0.25) is 0 Å². The highest BCUT2D eigenvalue weighted by atomic mass is 35.5. The smallest absolute Gasteiger partial charge is 0.146 e. The monoisotopic (exact) mass is 267 g/mol. The second-order valence-electron chi connectivity index (χ2n) is 4.15. The van der Waals surface area contributed by atoms with Gasteiger partial charge < -0.3 is 5.73 Å². The molecule has 0 amide bonds. The van der Waals surface area contributed by atoms with Crippen molar-refractivity contribution in [2.75, 3.05) is 0 Å². The van der Waals surface area contributed by atoms with Gasteiger partial charge in [0.05, 0.1) is 11.1 Å². The van der Waals surface area contributed by atoms with Crippen LogP contribution in [0.15, 0.2) is 36.4 Å². The van der Waals surface area contributed by atoms with Crippen LogP contribution in [0.1, 0.15) is 22.7 Å². The van der Waals surface area contributed by atoms with E-state index in [1.54, 1.807) is 18.2 Å². The first kappa shape index (κ1) is 13.0. The number of hydrogen-bond donors (Lipinski definition) is 1. The quantitative estimate of drug-likeness (QED) is 0.875. The Kier molecular flexibility index (Phi) is 3.64. The van der Waals surface area contributed by atoms with Gasteiger partial charge in [-0.2, -0.15) is 0 Å². The molecule has 0 aromatic heterocycles. The summed E-state index contributed by atoms with van der Waals surface area (Å²) in [7, 11) is 0. The minimum absolute atomic E-state index is 0.0176. The van der Waals surface area contributed by atoms with Gasteiger partial charge in [-0.15, -0.1) is 0 Å². The topological polar surface area (TPSA) is 26.0 Å². The molecule has 2 N–H and O–H groups in total. The lowest BCUT2D eigenvalue weighted by Gasteiger charge is -2.15. The molecule has 18 heavy (non-hydrogen) atoms. The molecule has 0 spiro atoms. The zero-order valence-corrected chi connectivity index (χ0v) is 10.5. The zero-order chi connectivity index (χ0) is 13.3. The van der Waals surface area contributed by atoms with Gasteiger partial charge in [0.1, 0.15) is 11.6 Å². The van der Waals surface area contributed by atoms with Crippen molar-refractivity contribution in [3.05, 3.63) is 69.7 Å². The molecule has 94 valence electrons. The fraction of sp³-hybridized carbons (Fsp3) is 0.143. The second-order valence-corrected chi connectivity index (χ2v) is 4.55. The molecule has 0 saturated heterocycles. The van der Waals surface area contributed by atoms with Crippen LogP contribution in [0, 0.1) is 18.6 Å². The Morgan fingerprint density at radius 2 is 1.83 bits per heavy atom. The summed E-state index contributed by atoms with van der Waals surface area (Å²) in [5.41, 5.74) is 7.23. The van der Waals surface area contributed by atoms with Gasteiger partial charge in [0.15, 0.2) is 0 Å². The summed E-state index contributed by atoms with van der Waals surface area (Å²) in [6, 6.07) is 8.23. The second kappa shape index (κ2) is 5.04. The van der Waals surface area contributed by atoms with Crippen molar-refractivity contribution in [1.29, 1.82) is 0 Å². The van der Waals surface area contributed by atoms with Crippen molar-refractivity contribution in [1.82, 2.24) is 0 Å².